The smallest absolute Gasteiger partial charge is 0.341 e. The number of methoxy groups -OCH3 is 1. The zero-order valence-electron chi connectivity index (χ0n) is 10.1. The lowest BCUT2D eigenvalue weighted by atomic mass is 10.2. The van der Waals surface area contributed by atoms with Crippen LogP contribution in [-0.2, 0) is 0 Å². The first-order chi connectivity index (χ1) is 9.51. The average molecular weight is 315 g/mol. The van der Waals surface area contributed by atoms with Crippen LogP contribution in [-0.4, -0.2) is 28.2 Å². The normalized spacial score (nSPS) is 10.2. The number of halogens is 2. The predicted molar refractivity (Wildman–Crippen MR) is 72.1 cm³/mol. The van der Waals surface area contributed by atoms with Gasteiger partial charge in [0.05, 0.1) is 12.1 Å². The van der Waals surface area contributed by atoms with Crippen LogP contribution in [0, 0.1) is 0 Å². The Morgan fingerprint density at radius 1 is 1.30 bits per heavy atom. The third kappa shape index (κ3) is 3.09. The number of nitrogens with zero attached hydrogens (tertiary/aromatic N) is 2. The van der Waals surface area contributed by atoms with Gasteiger partial charge in [-0.2, -0.15) is 9.97 Å². The average Bonchev–Trinajstić information content (AvgIpc) is 2.37. The molecule has 0 unspecified atom stereocenters. The highest BCUT2D eigenvalue weighted by molar-refractivity contribution is 6.33. The Bertz CT molecular complexity index is 664. The molecule has 6 nitrogen and oxygen atoms in total. The maximum atomic E-state index is 11.2. The van der Waals surface area contributed by atoms with Crippen molar-refractivity contribution in [1.29, 1.82) is 0 Å². The first kappa shape index (κ1) is 14.4. The number of hydrogen-bond acceptors (Lipinski definition) is 5. The Morgan fingerprint density at radius 2 is 2.05 bits per heavy atom. The summed E-state index contributed by atoms with van der Waals surface area (Å²) in [6, 6.07) is 5.68. The minimum atomic E-state index is -1.22. The lowest BCUT2D eigenvalue weighted by molar-refractivity contribution is 0.0694. The largest absolute Gasteiger partial charge is 0.481 e. The quantitative estimate of drug-likeness (QED) is 0.872. The van der Waals surface area contributed by atoms with Gasteiger partial charge in [0.2, 0.25) is 5.88 Å². The number of hydrogen-bond donors (Lipinski definition) is 1. The number of carboxylic acids is 1. The van der Waals surface area contributed by atoms with E-state index in [1.165, 1.54) is 25.3 Å². The number of carboxylic acid groups (broad SMARTS) is 1. The van der Waals surface area contributed by atoms with Gasteiger partial charge in [-0.1, -0.05) is 29.3 Å². The third-order valence-electron chi connectivity index (χ3n) is 2.25. The Morgan fingerprint density at radius 3 is 2.70 bits per heavy atom. The Hall–Kier alpha value is -2.05. The molecule has 104 valence electrons. The zero-order valence-corrected chi connectivity index (χ0v) is 11.6. The maximum Gasteiger partial charge on any atom is 0.341 e. The van der Waals surface area contributed by atoms with Crippen LogP contribution in [0.25, 0.3) is 0 Å². The van der Waals surface area contributed by atoms with Gasteiger partial charge in [0, 0.05) is 6.07 Å². The molecule has 1 aromatic carbocycles. The second-order valence-electron chi connectivity index (χ2n) is 3.54. The highest BCUT2D eigenvalue weighted by atomic mass is 35.5. The minimum Gasteiger partial charge on any atom is -0.481 e. The molecular weight excluding hydrogens is 307 g/mol. The molecule has 0 saturated heterocycles. The molecule has 0 spiro atoms. The first-order valence-electron chi connectivity index (χ1n) is 5.29. The molecule has 0 radical (unpaired) electrons. The van der Waals surface area contributed by atoms with E-state index in [4.69, 9.17) is 37.8 Å². The standard InChI is InChI=1S/C12H8Cl2N2O4/c1-19-9-5-8(14)15-12(16-9)20-7-4-2-3-6(13)10(7)11(17)18/h2-5H,1H3,(H,17,18). The van der Waals surface area contributed by atoms with Gasteiger partial charge in [0.15, 0.2) is 0 Å². The number of carbonyl (C=O) groups is 1. The van der Waals surface area contributed by atoms with Crippen molar-refractivity contribution < 1.29 is 19.4 Å². The fourth-order valence-electron chi connectivity index (χ4n) is 1.42. The molecule has 1 heterocycles. The molecule has 0 atom stereocenters. The van der Waals surface area contributed by atoms with Gasteiger partial charge in [-0.15, -0.1) is 0 Å². The van der Waals surface area contributed by atoms with Crippen LogP contribution >= 0.6 is 23.2 Å². The summed E-state index contributed by atoms with van der Waals surface area (Å²) in [7, 11) is 1.41. The summed E-state index contributed by atoms with van der Waals surface area (Å²) in [6.07, 6.45) is 0. The van der Waals surface area contributed by atoms with Crippen molar-refractivity contribution >= 4 is 29.2 Å². The lowest BCUT2D eigenvalue weighted by Gasteiger charge is -2.09. The molecule has 1 aromatic heterocycles. The molecule has 0 aliphatic heterocycles. The Balaban J connectivity index is 2.42. The maximum absolute atomic E-state index is 11.2. The summed E-state index contributed by atoms with van der Waals surface area (Å²) in [6.45, 7) is 0. The van der Waals surface area contributed by atoms with E-state index in [1.807, 2.05) is 0 Å². The zero-order chi connectivity index (χ0) is 14.7. The van der Waals surface area contributed by atoms with E-state index in [1.54, 1.807) is 6.07 Å². The molecule has 0 bridgehead atoms. The van der Waals surface area contributed by atoms with Crippen LogP contribution in [0.15, 0.2) is 24.3 Å². The minimum absolute atomic E-state index is 0.00863. The summed E-state index contributed by atoms with van der Waals surface area (Å²) >= 11 is 11.6. The van der Waals surface area contributed by atoms with Crippen LogP contribution in [0.2, 0.25) is 10.2 Å². The van der Waals surface area contributed by atoms with E-state index in [0.717, 1.165) is 0 Å². The fourth-order valence-corrected chi connectivity index (χ4v) is 1.83. The number of aromatic carboxylic acids is 1. The Kier molecular flexibility index (Phi) is 4.26. The van der Waals surface area contributed by atoms with Gasteiger partial charge in [0.25, 0.3) is 0 Å². The van der Waals surface area contributed by atoms with E-state index in [0.29, 0.717) is 0 Å². The number of benzene rings is 1. The van der Waals surface area contributed by atoms with E-state index < -0.39 is 5.97 Å². The van der Waals surface area contributed by atoms with Crippen molar-refractivity contribution in [2.75, 3.05) is 7.11 Å². The van der Waals surface area contributed by atoms with Crippen molar-refractivity contribution in [2.45, 2.75) is 0 Å². The Labute approximate surface area is 123 Å². The highest BCUT2D eigenvalue weighted by Crippen LogP contribution is 2.30. The molecule has 1 N–H and O–H groups in total. The van der Waals surface area contributed by atoms with Crippen molar-refractivity contribution in [3.8, 4) is 17.6 Å². The van der Waals surface area contributed by atoms with Gasteiger partial charge in [-0.3, -0.25) is 0 Å². The van der Waals surface area contributed by atoms with Gasteiger partial charge in [0.1, 0.15) is 16.5 Å². The SMILES string of the molecule is COc1cc(Cl)nc(Oc2cccc(Cl)c2C(=O)O)n1. The lowest BCUT2D eigenvalue weighted by Crippen LogP contribution is -2.03. The summed E-state index contributed by atoms with van der Waals surface area (Å²) in [5.74, 6) is -1.02. The van der Waals surface area contributed by atoms with Crippen molar-refractivity contribution in [3.05, 3.63) is 40.0 Å². The number of rotatable bonds is 4. The molecular formula is C12H8Cl2N2O4. The molecule has 0 aliphatic carbocycles. The van der Waals surface area contributed by atoms with E-state index in [2.05, 4.69) is 9.97 Å². The second-order valence-corrected chi connectivity index (χ2v) is 4.33. The van der Waals surface area contributed by atoms with Crippen LogP contribution < -0.4 is 9.47 Å². The topological polar surface area (TPSA) is 81.5 Å². The van der Waals surface area contributed by atoms with Crippen LogP contribution in [0.1, 0.15) is 10.4 Å². The van der Waals surface area contributed by atoms with E-state index in [-0.39, 0.29) is 33.4 Å². The summed E-state index contributed by atoms with van der Waals surface area (Å²) in [4.78, 5) is 18.9. The molecule has 8 heteroatoms. The van der Waals surface area contributed by atoms with Crippen LogP contribution in [0.5, 0.6) is 17.6 Å². The van der Waals surface area contributed by atoms with Crippen LogP contribution in [0.3, 0.4) is 0 Å². The van der Waals surface area contributed by atoms with Gasteiger partial charge in [-0.05, 0) is 12.1 Å². The van der Waals surface area contributed by atoms with Gasteiger partial charge in [-0.25, -0.2) is 4.79 Å². The van der Waals surface area contributed by atoms with Crippen molar-refractivity contribution in [1.82, 2.24) is 9.97 Å². The molecule has 0 amide bonds. The second kappa shape index (κ2) is 5.94. The van der Waals surface area contributed by atoms with Crippen LogP contribution in [0.4, 0.5) is 0 Å². The van der Waals surface area contributed by atoms with Crippen molar-refractivity contribution in [2.24, 2.45) is 0 Å². The van der Waals surface area contributed by atoms with Crippen molar-refractivity contribution in [3.63, 3.8) is 0 Å². The molecule has 2 aromatic rings. The molecule has 0 fully saturated rings. The highest BCUT2D eigenvalue weighted by Gasteiger charge is 2.17. The van der Waals surface area contributed by atoms with Gasteiger partial charge >= 0.3 is 12.0 Å². The van der Waals surface area contributed by atoms with E-state index in [9.17, 15) is 4.79 Å². The predicted octanol–water partition coefficient (Wildman–Crippen LogP) is 3.28. The number of aromatic nitrogens is 2. The third-order valence-corrected chi connectivity index (χ3v) is 2.76. The molecule has 2 rings (SSSR count). The fraction of sp³-hybridized carbons (Fsp3) is 0.0833. The monoisotopic (exact) mass is 314 g/mol. The summed E-state index contributed by atoms with van der Waals surface area (Å²) < 4.78 is 10.2. The van der Waals surface area contributed by atoms with Gasteiger partial charge < -0.3 is 14.6 Å². The summed E-state index contributed by atoms with van der Waals surface area (Å²) in [5, 5.41) is 9.27. The van der Waals surface area contributed by atoms with E-state index >= 15 is 0 Å². The number of ether oxygens (including phenoxy) is 2. The summed E-state index contributed by atoms with van der Waals surface area (Å²) in [5.41, 5.74) is -0.184. The first-order valence-corrected chi connectivity index (χ1v) is 6.05. The molecule has 0 aliphatic rings. The molecule has 20 heavy (non-hydrogen) atoms. The molecule has 0 saturated carbocycles.